The van der Waals surface area contributed by atoms with Gasteiger partial charge in [0, 0.05) is 35.2 Å². The number of rotatable bonds is 8. The van der Waals surface area contributed by atoms with Crippen LogP contribution < -0.4 is 5.32 Å². The molecule has 1 amide bonds. The Bertz CT molecular complexity index is 1210. The maximum Gasteiger partial charge on any atom is 0.227 e. The Kier molecular flexibility index (Phi) is 6.76. The molecule has 2 aromatic carbocycles. The molecule has 2 N–H and O–H groups in total. The molecule has 2 aromatic heterocycles. The van der Waals surface area contributed by atoms with Gasteiger partial charge in [-0.2, -0.15) is 4.98 Å². The van der Waals surface area contributed by atoms with Crippen LogP contribution >= 0.6 is 23.4 Å². The molecule has 0 saturated heterocycles. The summed E-state index contributed by atoms with van der Waals surface area (Å²) in [4.78, 5) is 20.6. The fraction of sp³-hybridized carbons (Fsp3) is 0.150. The van der Waals surface area contributed by atoms with Crippen molar-refractivity contribution in [2.45, 2.75) is 23.8 Å². The number of aromatic amines is 1. The van der Waals surface area contributed by atoms with Crippen molar-refractivity contribution in [3.63, 3.8) is 0 Å². The van der Waals surface area contributed by atoms with E-state index in [0.717, 1.165) is 23.8 Å². The Labute approximate surface area is 189 Å². The average molecular weight is 477 g/mol. The molecule has 0 aliphatic carbocycles. The number of nitrogens with one attached hydrogen (secondary N) is 2. The van der Waals surface area contributed by atoms with Crippen LogP contribution in [0, 0.1) is 11.6 Å². The van der Waals surface area contributed by atoms with E-state index in [2.05, 4.69) is 30.6 Å². The highest BCUT2D eigenvalue weighted by Crippen LogP contribution is 2.23. The Morgan fingerprint density at radius 3 is 2.62 bits per heavy atom. The van der Waals surface area contributed by atoms with Gasteiger partial charge >= 0.3 is 0 Å². The average Bonchev–Trinajstić information content (AvgIpc) is 3.40. The lowest BCUT2D eigenvalue weighted by atomic mass is 10.2. The molecule has 0 fully saturated rings. The summed E-state index contributed by atoms with van der Waals surface area (Å²) in [6, 6.07) is 10.0. The molecule has 0 aliphatic rings. The zero-order valence-corrected chi connectivity index (χ0v) is 17.9. The molecule has 4 aromatic rings. The van der Waals surface area contributed by atoms with Crippen LogP contribution in [0.15, 0.2) is 52.1 Å². The van der Waals surface area contributed by atoms with Gasteiger partial charge in [0.15, 0.2) is 11.6 Å². The second-order valence-electron chi connectivity index (χ2n) is 6.57. The molecule has 32 heavy (non-hydrogen) atoms. The molecule has 164 valence electrons. The van der Waals surface area contributed by atoms with Crippen molar-refractivity contribution in [1.29, 1.82) is 0 Å². The Morgan fingerprint density at radius 1 is 1.12 bits per heavy atom. The Hall–Kier alpha value is -3.31. The molecule has 0 bridgehead atoms. The first-order chi connectivity index (χ1) is 15.4. The molecule has 12 heteroatoms. The minimum atomic E-state index is -0.772. The summed E-state index contributed by atoms with van der Waals surface area (Å²) in [5.41, 5.74) is 0.898. The van der Waals surface area contributed by atoms with E-state index in [9.17, 15) is 13.6 Å². The van der Waals surface area contributed by atoms with E-state index in [0.29, 0.717) is 27.6 Å². The van der Waals surface area contributed by atoms with Gasteiger partial charge in [0.2, 0.25) is 17.0 Å². The minimum absolute atomic E-state index is 0.0122. The first-order valence-electron chi connectivity index (χ1n) is 9.33. The van der Waals surface area contributed by atoms with Gasteiger partial charge in [0.1, 0.15) is 11.6 Å². The predicted molar refractivity (Wildman–Crippen MR) is 114 cm³/mol. The number of amides is 1. The number of H-pyrrole nitrogens is 1. The maximum atomic E-state index is 13.2. The number of carbonyl (C=O) groups excluding carboxylic acids is 1. The normalized spacial score (nSPS) is 11.0. The van der Waals surface area contributed by atoms with E-state index < -0.39 is 17.5 Å². The lowest BCUT2D eigenvalue weighted by Gasteiger charge is -2.04. The van der Waals surface area contributed by atoms with Crippen molar-refractivity contribution in [3.05, 3.63) is 70.8 Å². The third-order valence-electron chi connectivity index (χ3n) is 4.14. The minimum Gasteiger partial charge on any atom is -0.339 e. The predicted octanol–water partition coefficient (Wildman–Crippen LogP) is 4.65. The zero-order valence-electron chi connectivity index (χ0n) is 16.3. The first kappa shape index (κ1) is 21.9. The Morgan fingerprint density at radius 2 is 1.88 bits per heavy atom. The molecular formula is C20H15ClF2N6O2S. The number of halogens is 3. The van der Waals surface area contributed by atoms with Gasteiger partial charge in [0.05, 0.1) is 5.75 Å². The second kappa shape index (κ2) is 9.88. The van der Waals surface area contributed by atoms with Crippen LogP contribution in [0.1, 0.15) is 18.1 Å². The van der Waals surface area contributed by atoms with Gasteiger partial charge in [0.25, 0.3) is 0 Å². The molecule has 0 unspecified atom stereocenters. The van der Waals surface area contributed by atoms with Gasteiger partial charge in [-0.05, 0) is 36.4 Å². The molecule has 0 radical (unpaired) electrons. The largest absolute Gasteiger partial charge is 0.339 e. The van der Waals surface area contributed by atoms with Crippen LogP contribution in [0.2, 0.25) is 5.02 Å². The van der Waals surface area contributed by atoms with Crippen LogP contribution in [0.4, 0.5) is 14.5 Å². The van der Waals surface area contributed by atoms with E-state index in [1.165, 1.54) is 11.8 Å². The molecule has 0 aliphatic heterocycles. The number of thioether (sulfide) groups is 1. The smallest absolute Gasteiger partial charge is 0.227 e. The summed E-state index contributed by atoms with van der Waals surface area (Å²) in [5, 5.41) is 14.5. The van der Waals surface area contributed by atoms with Crippen LogP contribution in [-0.4, -0.2) is 31.2 Å². The van der Waals surface area contributed by atoms with Crippen molar-refractivity contribution in [1.82, 2.24) is 25.3 Å². The number of aromatic nitrogens is 5. The van der Waals surface area contributed by atoms with Crippen LogP contribution in [0.3, 0.4) is 0 Å². The Balaban J connectivity index is 1.26. The highest BCUT2D eigenvalue weighted by molar-refractivity contribution is 7.98. The van der Waals surface area contributed by atoms with Crippen LogP contribution in [0.25, 0.3) is 11.4 Å². The fourth-order valence-electron chi connectivity index (χ4n) is 2.70. The number of anilines is 1. The number of hydrogen-bond acceptors (Lipinski definition) is 7. The number of aryl methyl sites for hydroxylation is 1. The lowest BCUT2D eigenvalue weighted by molar-refractivity contribution is -0.116. The maximum absolute atomic E-state index is 13.2. The molecule has 2 heterocycles. The lowest BCUT2D eigenvalue weighted by Crippen LogP contribution is -2.12. The summed E-state index contributed by atoms with van der Waals surface area (Å²) < 4.78 is 31.5. The van der Waals surface area contributed by atoms with E-state index in [-0.39, 0.29) is 24.4 Å². The third-order valence-corrected chi connectivity index (χ3v) is 5.23. The van der Waals surface area contributed by atoms with Gasteiger partial charge in [-0.3, -0.25) is 9.89 Å². The molecule has 0 atom stereocenters. The van der Waals surface area contributed by atoms with Gasteiger partial charge in [-0.1, -0.05) is 28.5 Å². The molecule has 8 nitrogen and oxygen atoms in total. The summed E-state index contributed by atoms with van der Waals surface area (Å²) in [6.45, 7) is 0. The SMILES string of the molecule is O=C(CCc1nc(CSc2n[nH]c(-c3ccc(Cl)cc3)n2)no1)Nc1cc(F)cc(F)c1. The van der Waals surface area contributed by atoms with Crippen LogP contribution in [0.5, 0.6) is 0 Å². The first-order valence-corrected chi connectivity index (χ1v) is 10.7. The number of benzene rings is 2. The second-order valence-corrected chi connectivity index (χ2v) is 7.95. The number of carbonyl (C=O) groups is 1. The fourth-order valence-corrected chi connectivity index (χ4v) is 3.46. The van der Waals surface area contributed by atoms with Crippen molar-refractivity contribution in [3.8, 4) is 11.4 Å². The van der Waals surface area contributed by atoms with E-state index >= 15 is 0 Å². The van der Waals surface area contributed by atoms with Crippen LogP contribution in [-0.2, 0) is 17.0 Å². The quantitative estimate of drug-likeness (QED) is 0.356. The molecule has 0 spiro atoms. The number of hydrogen-bond donors (Lipinski definition) is 2. The summed E-state index contributed by atoms with van der Waals surface area (Å²) in [5.74, 6) is -0.289. The molecule has 0 saturated carbocycles. The number of nitrogens with zero attached hydrogens (tertiary/aromatic N) is 4. The highest BCUT2D eigenvalue weighted by Gasteiger charge is 2.12. The monoisotopic (exact) mass is 476 g/mol. The highest BCUT2D eigenvalue weighted by atomic mass is 35.5. The summed E-state index contributed by atoms with van der Waals surface area (Å²) in [7, 11) is 0. The topological polar surface area (TPSA) is 110 Å². The van der Waals surface area contributed by atoms with Crippen molar-refractivity contribution >= 4 is 35.0 Å². The van der Waals surface area contributed by atoms with Gasteiger partial charge in [-0.15, -0.1) is 5.10 Å². The van der Waals surface area contributed by atoms with Crippen molar-refractivity contribution in [2.75, 3.05) is 5.32 Å². The van der Waals surface area contributed by atoms with E-state index in [4.69, 9.17) is 16.1 Å². The third kappa shape index (κ3) is 5.89. The molecule has 4 rings (SSSR count). The summed E-state index contributed by atoms with van der Waals surface area (Å²) in [6.07, 6.45) is 0.195. The summed E-state index contributed by atoms with van der Waals surface area (Å²) >= 11 is 7.21. The zero-order chi connectivity index (χ0) is 22.5. The standard InChI is InChI=1S/C20H15ClF2N6O2S/c21-12-3-1-11(2-4-12)19-26-20(28-27-19)32-10-16-25-18(31-29-16)6-5-17(30)24-15-8-13(22)7-14(23)9-15/h1-4,7-9H,5-6,10H2,(H,24,30)(H,26,27,28). The molecular weight excluding hydrogens is 462 g/mol. The van der Waals surface area contributed by atoms with Crippen molar-refractivity contribution in [2.24, 2.45) is 0 Å². The van der Waals surface area contributed by atoms with E-state index in [1.807, 2.05) is 12.1 Å². The van der Waals surface area contributed by atoms with Gasteiger partial charge < -0.3 is 9.84 Å². The van der Waals surface area contributed by atoms with E-state index in [1.54, 1.807) is 12.1 Å². The van der Waals surface area contributed by atoms with Gasteiger partial charge in [-0.25, -0.2) is 13.8 Å². The van der Waals surface area contributed by atoms with Crippen molar-refractivity contribution < 1.29 is 18.1 Å².